The van der Waals surface area contributed by atoms with Gasteiger partial charge in [0.15, 0.2) is 0 Å². The quantitative estimate of drug-likeness (QED) is 0.399. The van der Waals surface area contributed by atoms with Crippen LogP contribution in [-0.4, -0.2) is 64.2 Å². The number of hydrogen-bond acceptors (Lipinski definition) is 6. The van der Waals surface area contributed by atoms with Crippen molar-refractivity contribution in [1.82, 2.24) is 10.2 Å². The minimum atomic E-state index is -3.80. The Morgan fingerprint density at radius 3 is 2.05 bits per heavy atom. The molecule has 2 amide bonds. The summed E-state index contributed by atoms with van der Waals surface area (Å²) in [6, 6.07) is 12.9. The SMILES string of the molecule is CCOc1ccc(N(CC(=O)N(Cc2ccc(OC)cc2)C(CC)C(=O)NCC(C)C)S(C)(=O)=O)cc1. The lowest BCUT2D eigenvalue weighted by atomic mass is 10.1. The number of carbonyl (C=O) groups is 2. The van der Waals surface area contributed by atoms with Gasteiger partial charge in [0, 0.05) is 13.1 Å². The molecular weight excluding hydrogens is 494 g/mol. The normalized spacial score (nSPS) is 12.1. The Morgan fingerprint density at radius 1 is 0.973 bits per heavy atom. The number of amides is 2. The van der Waals surface area contributed by atoms with E-state index in [9.17, 15) is 18.0 Å². The Hall–Kier alpha value is -3.27. The van der Waals surface area contributed by atoms with Gasteiger partial charge in [-0.3, -0.25) is 13.9 Å². The molecule has 2 aromatic carbocycles. The number of ether oxygens (including phenoxy) is 2. The zero-order valence-corrected chi connectivity index (χ0v) is 23.4. The van der Waals surface area contributed by atoms with Crippen LogP contribution in [0.25, 0.3) is 0 Å². The number of methoxy groups -OCH3 is 1. The second-order valence-electron chi connectivity index (χ2n) is 9.13. The monoisotopic (exact) mass is 533 g/mol. The van der Waals surface area contributed by atoms with E-state index in [2.05, 4.69) is 5.32 Å². The van der Waals surface area contributed by atoms with Crippen LogP contribution in [0.4, 0.5) is 5.69 Å². The van der Waals surface area contributed by atoms with Crippen molar-refractivity contribution in [3.8, 4) is 11.5 Å². The third-order valence-electron chi connectivity index (χ3n) is 5.70. The average Bonchev–Trinajstić information content (AvgIpc) is 2.86. The summed E-state index contributed by atoms with van der Waals surface area (Å²) in [4.78, 5) is 28.2. The molecular formula is C27H39N3O6S. The van der Waals surface area contributed by atoms with Crippen LogP contribution >= 0.6 is 0 Å². The van der Waals surface area contributed by atoms with Crippen LogP contribution in [0.5, 0.6) is 11.5 Å². The fourth-order valence-electron chi connectivity index (χ4n) is 3.76. The average molecular weight is 534 g/mol. The Kier molecular flexibility index (Phi) is 11.2. The van der Waals surface area contributed by atoms with Crippen molar-refractivity contribution in [3.05, 3.63) is 54.1 Å². The molecule has 10 heteroatoms. The first-order valence-corrected chi connectivity index (χ1v) is 14.3. The summed E-state index contributed by atoms with van der Waals surface area (Å²) in [5, 5.41) is 2.91. The van der Waals surface area contributed by atoms with Crippen molar-refractivity contribution in [1.29, 1.82) is 0 Å². The lowest BCUT2D eigenvalue weighted by Crippen LogP contribution is -2.52. The molecule has 1 N–H and O–H groups in total. The van der Waals surface area contributed by atoms with E-state index < -0.39 is 28.5 Å². The van der Waals surface area contributed by atoms with E-state index in [1.807, 2.05) is 39.8 Å². The molecule has 0 fully saturated rings. The molecule has 0 aliphatic heterocycles. The second kappa shape index (κ2) is 13.9. The molecule has 2 rings (SSSR count). The summed E-state index contributed by atoms with van der Waals surface area (Å²) >= 11 is 0. The van der Waals surface area contributed by atoms with Crippen LogP contribution in [0.15, 0.2) is 48.5 Å². The predicted molar refractivity (Wildman–Crippen MR) is 145 cm³/mol. The maximum Gasteiger partial charge on any atom is 0.244 e. The van der Waals surface area contributed by atoms with Crippen LogP contribution in [0.3, 0.4) is 0 Å². The number of sulfonamides is 1. The van der Waals surface area contributed by atoms with Gasteiger partial charge in [-0.05, 0) is 61.2 Å². The number of hydrogen-bond donors (Lipinski definition) is 1. The maximum absolute atomic E-state index is 13.7. The highest BCUT2D eigenvalue weighted by molar-refractivity contribution is 7.92. The highest BCUT2D eigenvalue weighted by Crippen LogP contribution is 2.23. The van der Waals surface area contributed by atoms with Crippen LogP contribution in [0, 0.1) is 5.92 Å². The predicted octanol–water partition coefficient (Wildman–Crippen LogP) is 3.44. The van der Waals surface area contributed by atoms with Gasteiger partial charge in [0.25, 0.3) is 0 Å². The van der Waals surface area contributed by atoms with Gasteiger partial charge in [-0.1, -0.05) is 32.9 Å². The van der Waals surface area contributed by atoms with Crippen molar-refractivity contribution < 1.29 is 27.5 Å². The maximum atomic E-state index is 13.7. The van der Waals surface area contributed by atoms with E-state index in [1.54, 1.807) is 43.5 Å². The van der Waals surface area contributed by atoms with Crippen LogP contribution < -0.4 is 19.1 Å². The minimum Gasteiger partial charge on any atom is -0.497 e. The molecule has 0 aromatic heterocycles. The molecule has 0 bridgehead atoms. The topological polar surface area (TPSA) is 105 Å². The lowest BCUT2D eigenvalue weighted by molar-refractivity contribution is -0.140. The Balaban J connectivity index is 2.40. The first-order valence-electron chi connectivity index (χ1n) is 12.4. The van der Waals surface area contributed by atoms with E-state index in [-0.39, 0.29) is 18.4 Å². The fraction of sp³-hybridized carbons (Fsp3) is 0.481. The van der Waals surface area contributed by atoms with Crippen molar-refractivity contribution >= 4 is 27.5 Å². The summed E-state index contributed by atoms with van der Waals surface area (Å²) in [5.41, 5.74) is 1.12. The number of nitrogens with zero attached hydrogens (tertiary/aromatic N) is 2. The van der Waals surface area contributed by atoms with E-state index in [0.29, 0.717) is 36.8 Å². The second-order valence-corrected chi connectivity index (χ2v) is 11.0. The first kappa shape index (κ1) is 30.0. The molecule has 9 nitrogen and oxygen atoms in total. The molecule has 1 atom stereocenters. The Bertz CT molecular complexity index is 1120. The number of rotatable bonds is 14. The highest BCUT2D eigenvalue weighted by atomic mass is 32.2. The van der Waals surface area contributed by atoms with Crippen molar-refractivity contribution in [2.75, 3.05) is 37.4 Å². The summed E-state index contributed by atoms with van der Waals surface area (Å²) in [7, 11) is -2.23. The molecule has 2 aromatic rings. The highest BCUT2D eigenvalue weighted by Gasteiger charge is 2.31. The zero-order valence-electron chi connectivity index (χ0n) is 22.6. The molecule has 0 saturated heterocycles. The van der Waals surface area contributed by atoms with Crippen LogP contribution in [0.1, 0.15) is 39.7 Å². The van der Waals surface area contributed by atoms with Gasteiger partial charge in [-0.15, -0.1) is 0 Å². The smallest absolute Gasteiger partial charge is 0.244 e. The molecule has 0 saturated carbocycles. The van der Waals surface area contributed by atoms with Gasteiger partial charge in [-0.25, -0.2) is 8.42 Å². The van der Waals surface area contributed by atoms with Crippen molar-refractivity contribution in [3.63, 3.8) is 0 Å². The standard InChI is InChI=1S/C27H39N3O6S/c1-7-25(27(32)28-17-20(3)4)29(18-21-9-13-23(35-5)14-10-21)26(31)19-30(37(6,33)34)22-11-15-24(16-12-22)36-8-2/h9-16,20,25H,7-8,17-19H2,1-6H3,(H,28,32). The molecule has 0 aliphatic carbocycles. The molecule has 0 spiro atoms. The number of nitrogens with one attached hydrogen (secondary N) is 1. The summed E-state index contributed by atoms with van der Waals surface area (Å²) in [6.07, 6.45) is 1.42. The largest absolute Gasteiger partial charge is 0.497 e. The fourth-order valence-corrected chi connectivity index (χ4v) is 4.61. The lowest BCUT2D eigenvalue weighted by Gasteiger charge is -2.33. The number of anilines is 1. The van der Waals surface area contributed by atoms with Crippen molar-refractivity contribution in [2.45, 2.75) is 46.7 Å². The molecule has 1 unspecified atom stereocenters. The van der Waals surface area contributed by atoms with E-state index >= 15 is 0 Å². The summed E-state index contributed by atoms with van der Waals surface area (Å²) < 4.78 is 37.1. The summed E-state index contributed by atoms with van der Waals surface area (Å²) in [6.45, 7) is 8.30. The number of carbonyl (C=O) groups excluding carboxylic acids is 2. The van der Waals surface area contributed by atoms with E-state index in [4.69, 9.17) is 9.47 Å². The molecule has 204 valence electrons. The van der Waals surface area contributed by atoms with Gasteiger partial charge in [-0.2, -0.15) is 0 Å². The third kappa shape index (κ3) is 8.96. The van der Waals surface area contributed by atoms with Gasteiger partial charge < -0.3 is 19.7 Å². The molecule has 0 radical (unpaired) electrons. The van der Waals surface area contributed by atoms with E-state index in [0.717, 1.165) is 16.1 Å². The van der Waals surface area contributed by atoms with Gasteiger partial charge in [0.1, 0.15) is 24.1 Å². The van der Waals surface area contributed by atoms with Gasteiger partial charge in [0.05, 0.1) is 25.7 Å². The van der Waals surface area contributed by atoms with E-state index in [1.165, 1.54) is 4.90 Å². The zero-order chi connectivity index (χ0) is 27.6. The van der Waals surface area contributed by atoms with Gasteiger partial charge in [0.2, 0.25) is 21.8 Å². The first-order chi connectivity index (χ1) is 17.5. The Labute approximate surface area is 220 Å². The van der Waals surface area contributed by atoms with Crippen LogP contribution in [-0.2, 0) is 26.2 Å². The minimum absolute atomic E-state index is 0.136. The van der Waals surface area contributed by atoms with Crippen molar-refractivity contribution in [2.24, 2.45) is 5.92 Å². The summed E-state index contributed by atoms with van der Waals surface area (Å²) in [5.74, 6) is 0.751. The number of benzene rings is 2. The molecule has 0 heterocycles. The van der Waals surface area contributed by atoms with Gasteiger partial charge >= 0.3 is 0 Å². The Morgan fingerprint density at radius 2 is 1.57 bits per heavy atom. The molecule has 0 aliphatic rings. The van der Waals surface area contributed by atoms with Crippen LogP contribution in [0.2, 0.25) is 0 Å². The molecule has 37 heavy (non-hydrogen) atoms. The third-order valence-corrected chi connectivity index (χ3v) is 6.84.